The zero-order valence-corrected chi connectivity index (χ0v) is 15.6. The van der Waals surface area contributed by atoms with Crippen LogP contribution in [0.3, 0.4) is 0 Å². The van der Waals surface area contributed by atoms with Crippen molar-refractivity contribution < 1.29 is 4.74 Å². The number of imidazole rings is 1. The zero-order chi connectivity index (χ0) is 16.7. The van der Waals surface area contributed by atoms with Gasteiger partial charge in [-0.3, -0.25) is 9.25 Å². The lowest BCUT2D eigenvalue weighted by Crippen LogP contribution is -2.28. The number of aromatic nitrogens is 4. The van der Waals surface area contributed by atoms with Gasteiger partial charge in [-0.05, 0) is 24.6 Å². The lowest BCUT2D eigenvalue weighted by Gasteiger charge is -2.14. The Hall–Kier alpha value is -2.02. The highest BCUT2D eigenvalue weighted by Gasteiger charge is 2.18. The second-order valence-corrected chi connectivity index (χ2v) is 6.22. The van der Waals surface area contributed by atoms with Gasteiger partial charge in [-0.2, -0.15) is 5.10 Å². The molecule has 25 heavy (non-hydrogen) atoms. The first-order chi connectivity index (χ1) is 11.7. The molecule has 8 heteroatoms. The molecule has 0 atom stereocenters. The number of rotatable bonds is 3. The molecule has 1 aliphatic heterocycles. The van der Waals surface area contributed by atoms with E-state index in [1.165, 1.54) is 5.69 Å². The molecule has 3 heterocycles. The zero-order valence-electron chi connectivity index (χ0n) is 14.0. The Morgan fingerprint density at radius 1 is 1.28 bits per heavy atom. The molecular formula is C17H19Cl2N5O. The average molecular weight is 380 g/mol. The first-order valence-corrected chi connectivity index (χ1v) is 8.21. The van der Waals surface area contributed by atoms with Crippen LogP contribution >= 0.6 is 24.0 Å². The molecule has 2 aromatic heterocycles. The highest BCUT2D eigenvalue weighted by atomic mass is 35.5. The maximum atomic E-state index is 6.22. The van der Waals surface area contributed by atoms with E-state index < -0.39 is 0 Å². The van der Waals surface area contributed by atoms with Gasteiger partial charge in [0.05, 0.1) is 25.0 Å². The Balaban J connectivity index is 0.00000182. The van der Waals surface area contributed by atoms with E-state index in [2.05, 4.69) is 16.4 Å². The number of hydrogen-bond donors (Lipinski definition) is 1. The lowest BCUT2D eigenvalue weighted by molar-refractivity contribution is 0.413. The van der Waals surface area contributed by atoms with Gasteiger partial charge in [-0.1, -0.05) is 11.6 Å². The van der Waals surface area contributed by atoms with Crippen LogP contribution in [-0.2, 0) is 13.1 Å². The monoisotopic (exact) mass is 379 g/mol. The third-order valence-electron chi connectivity index (χ3n) is 4.26. The molecule has 132 valence electrons. The van der Waals surface area contributed by atoms with Crippen molar-refractivity contribution in [3.63, 3.8) is 0 Å². The van der Waals surface area contributed by atoms with E-state index in [0.717, 1.165) is 42.4 Å². The van der Waals surface area contributed by atoms with Gasteiger partial charge in [0.25, 0.3) is 0 Å². The van der Waals surface area contributed by atoms with Crippen LogP contribution in [-0.4, -0.2) is 33.0 Å². The summed E-state index contributed by atoms with van der Waals surface area (Å²) in [4.78, 5) is 4.51. The van der Waals surface area contributed by atoms with E-state index in [-0.39, 0.29) is 12.4 Å². The maximum absolute atomic E-state index is 6.22. The number of halogens is 2. The molecule has 0 radical (unpaired) electrons. The summed E-state index contributed by atoms with van der Waals surface area (Å²) >= 11 is 6.22. The van der Waals surface area contributed by atoms with Crippen molar-refractivity contribution in [2.75, 3.05) is 13.7 Å². The second kappa shape index (κ2) is 7.07. The van der Waals surface area contributed by atoms with Gasteiger partial charge < -0.3 is 10.1 Å². The molecule has 0 saturated carbocycles. The summed E-state index contributed by atoms with van der Waals surface area (Å²) in [7, 11) is 1.64. The summed E-state index contributed by atoms with van der Waals surface area (Å²) in [5.74, 6) is 1.49. The third kappa shape index (κ3) is 3.13. The summed E-state index contributed by atoms with van der Waals surface area (Å²) in [6.45, 7) is 4.62. The summed E-state index contributed by atoms with van der Waals surface area (Å²) in [5.41, 5.74) is 3.91. The highest BCUT2D eigenvalue weighted by Crippen LogP contribution is 2.32. The SMILES string of the molecule is COc1cc(Cl)c(C)cc1-n1ccnc1-c1cc2n(n1)CCNC2.Cl. The van der Waals surface area contributed by atoms with Gasteiger partial charge in [-0.15, -0.1) is 12.4 Å². The molecule has 1 aliphatic rings. The number of benzene rings is 1. The minimum absolute atomic E-state index is 0. The summed E-state index contributed by atoms with van der Waals surface area (Å²) in [5, 5.41) is 8.74. The molecule has 6 nitrogen and oxygen atoms in total. The normalized spacial score (nSPS) is 13.2. The minimum atomic E-state index is 0. The van der Waals surface area contributed by atoms with Gasteiger partial charge in [0.2, 0.25) is 0 Å². The lowest BCUT2D eigenvalue weighted by atomic mass is 10.2. The first-order valence-electron chi connectivity index (χ1n) is 7.83. The van der Waals surface area contributed by atoms with Gasteiger partial charge in [0.15, 0.2) is 5.82 Å². The molecule has 0 unspecified atom stereocenters. The molecule has 1 N–H and O–H groups in total. The predicted molar refractivity (Wildman–Crippen MR) is 100 cm³/mol. The Kier molecular flexibility index (Phi) is 5.03. The molecule has 1 aromatic carbocycles. The van der Waals surface area contributed by atoms with Crippen molar-refractivity contribution in [3.8, 4) is 23.0 Å². The molecular weight excluding hydrogens is 361 g/mol. The Labute approximate surface area is 157 Å². The van der Waals surface area contributed by atoms with E-state index in [0.29, 0.717) is 10.8 Å². The standard InChI is InChI=1S/C17H18ClN5O.ClH/c1-11-7-15(16(24-2)9-13(11)18)22-5-4-20-17(22)14-8-12-10-19-3-6-23(12)21-14;/h4-5,7-9,19H,3,6,10H2,1-2H3;1H. The van der Waals surface area contributed by atoms with Crippen molar-refractivity contribution >= 4 is 24.0 Å². The molecule has 0 amide bonds. The quantitative estimate of drug-likeness (QED) is 0.758. The molecule has 0 saturated heterocycles. The minimum Gasteiger partial charge on any atom is -0.495 e. The summed E-state index contributed by atoms with van der Waals surface area (Å²) < 4.78 is 9.54. The number of methoxy groups -OCH3 is 1. The van der Waals surface area contributed by atoms with E-state index in [4.69, 9.17) is 21.4 Å². The Morgan fingerprint density at radius 3 is 2.88 bits per heavy atom. The van der Waals surface area contributed by atoms with Crippen LogP contribution in [0.1, 0.15) is 11.3 Å². The largest absolute Gasteiger partial charge is 0.495 e. The smallest absolute Gasteiger partial charge is 0.165 e. The van der Waals surface area contributed by atoms with Crippen LogP contribution in [0.25, 0.3) is 17.2 Å². The molecule has 0 bridgehead atoms. The fourth-order valence-electron chi connectivity index (χ4n) is 2.99. The van der Waals surface area contributed by atoms with Gasteiger partial charge in [-0.25, -0.2) is 4.98 Å². The number of nitrogens with zero attached hydrogens (tertiary/aromatic N) is 4. The van der Waals surface area contributed by atoms with E-state index >= 15 is 0 Å². The Bertz CT molecular complexity index is 879. The maximum Gasteiger partial charge on any atom is 0.165 e. The molecule has 0 aliphatic carbocycles. The summed E-state index contributed by atoms with van der Waals surface area (Å²) in [6, 6.07) is 5.92. The number of aryl methyl sites for hydroxylation is 1. The number of ether oxygens (including phenoxy) is 1. The van der Waals surface area contributed by atoms with Crippen LogP contribution in [0.2, 0.25) is 5.02 Å². The van der Waals surface area contributed by atoms with E-state index in [1.807, 2.05) is 34.5 Å². The Morgan fingerprint density at radius 2 is 2.12 bits per heavy atom. The van der Waals surface area contributed by atoms with Crippen molar-refractivity contribution in [1.29, 1.82) is 0 Å². The molecule has 4 rings (SSSR count). The average Bonchev–Trinajstić information content (AvgIpc) is 3.22. The van der Waals surface area contributed by atoms with Crippen LogP contribution in [0, 0.1) is 6.92 Å². The predicted octanol–water partition coefficient (Wildman–Crippen LogP) is 3.23. The molecule has 0 spiro atoms. The molecule has 0 fully saturated rings. The topological polar surface area (TPSA) is 56.9 Å². The highest BCUT2D eigenvalue weighted by molar-refractivity contribution is 6.31. The van der Waals surface area contributed by atoms with Gasteiger partial charge in [0, 0.05) is 36.6 Å². The fraction of sp³-hybridized carbons (Fsp3) is 0.294. The van der Waals surface area contributed by atoms with Crippen molar-refractivity contribution in [2.24, 2.45) is 0 Å². The van der Waals surface area contributed by atoms with Crippen molar-refractivity contribution in [1.82, 2.24) is 24.6 Å². The van der Waals surface area contributed by atoms with Gasteiger partial charge >= 0.3 is 0 Å². The van der Waals surface area contributed by atoms with E-state index in [1.54, 1.807) is 13.3 Å². The van der Waals surface area contributed by atoms with Crippen LogP contribution < -0.4 is 10.1 Å². The van der Waals surface area contributed by atoms with Crippen LogP contribution in [0.5, 0.6) is 5.75 Å². The summed E-state index contributed by atoms with van der Waals surface area (Å²) in [6.07, 6.45) is 3.69. The van der Waals surface area contributed by atoms with Gasteiger partial charge in [0.1, 0.15) is 11.4 Å². The first kappa shape index (κ1) is 17.8. The van der Waals surface area contributed by atoms with Crippen LogP contribution in [0.15, 0.2) is 30.6 Å². The van der Waals surface area contributed by atoms with E-state index in [9.17, 15) is 0 Å². The molecule has 3 aromatic rings. The third-order valence-corrected chi connectivity index (χ3v) is 4.67. The number of hydrogen-bond acceptors (Lipinski definition) is 4. The fourth-order valence-corrected chi connectivity index (χ4v) is 3.14. The van der Waals surface area contributed by atoms with Crippen LogP contribution in [0.4, 0.5) is 0 Å². The number of fused-ring (bicyclic) bond motifs is 1. The van der Waals surface area contributed by atoms with Crippen molar-refractivity contribution in [3.05, 3.63) is 46.9 Å². The second-order valence-electron chi connectivity index (χ2n) is 5.81. The van der Waals surface area contributed by atoms with Crippen molar-refractivity contribution in [2.45, 2.75) is 20.0 Å². The number of nitrogens with one attached hydrogen (secondary N) is 1.